The van der Waals surface area contributed by atoms with E-state index in [9.17, 15) is 32.7 Å². The Morgan fingerprint density at radius 3 is 2.33 bits per heavy atom. The van der Waals surface area contributed by atoms with Gasteiger partial charge in [0, 0.05) is 35.7 Å². The first kappa shape index (κ1) is 47.4. The van der Waals surface area contributed by atoms with Crippen LogP contribution in [0.1, 0.15) is 80.2 Å². The van der Waals surface area contributed by atoms with Crippen LogP contribution in [0.5, 0.6) is 0 Å². The highest BCUT2D eigenvalue weighted by Crippen LogP contribution is 2.42. The number of alkyl carbamates (subject to hydrolysis) is 2. The second-order valence-electron chi connectivity index (χ2n) is 17.6. The van der Waals surface area contributed by atoms with Crippen LogP contribution in [-0.2, 0) is 48.0 Å². The normalized spacial score (nSPS) is 40.0. The van der Waals surface area contributed by atoms with E-state index in [1.165, 1.54) is 6.08 Å². The molecule has 18 heteroatoms. The Hall–Kier alpha value is -3.65. The molecule has 4 aliphatic rings. The van der Waals surface area contributed by atoms with Gasteiger partial charge in [-0.05, 0) is 72.7 Å². The Morgan fingerprint density at radius 2 is 1.68 bits per heavy atom. The zero-order valence-corrected chi connectivity index (χ0v) is 37.1. The van der Waals surface area contributed by atoms with Crippen LogP contribution in [0.3, 0.4) is 0 Å². The number of ketones is 1. The van der Waals surface area contributed by atoms with Crippen LogP contribution in [0.2, 0.25) is 0 Å². The summed E-state index contributed by atoms with van der Waals surface area (Å²) >= 11 is 0. The number of nitrogens with one attached hydrogen (secondary N) is 3. The SMILES string of the molecule is CC[C@H]1OC(=O)[C@H](C)[C@H]2OCC(NS(=O)(=O)/C=C/c3ccccc3)CNC(=O)O[C@](C)(C[C@@H](C)C(=O)[C@H](C)[C@@H]3NC(=O)O[C@]13C)[C@H](O[C@@H]1O[C@H](C)C[C@H](N(C)C)[C@H]1O)[C@H]2C. The summed E-state index contributed by atoms with van der Waals surface area (Å²) in [6, 6.07) is 6.50. The van der Waals surface area contributed by atoms with Gasteiger partial charge in [-0.25, -0.2) is 22.7 Å². The van der Waals surface area contributed by atoms with Crippen molar-refractivity contribution >= 4 is 40.0 Å². The van der Waals surface area contributed by atoms with Gasteiger partial charge in [0.1, 0.15) is 29.7 Å². The molecular weight excluding hydrogens is 801 g/mol. The van der Waals surface area contributed by atoms with Crippen molar-refractivity contribution in [1.29, 1.82) is 0 Å². The first-order chi connectivity index (χ1) is 28.1. The third-order valence-electron chi connectivity index (χ3n) is 12.5. The Balaban J connectivity index is 1.62. The molecule has 336 valence electrons. The molecule has 1 unspecified atom stereocenters. The number of ether oxygens (including phenoxy) is 6. The number of hydrogen-bond donors (Lipinski definition) is 4. The molecule has 4 N–H and O–H groups in total. The number of aliphatic hydroxyl groups excluding tert-OH is 1. The molecule has 4 heterocycles. The number of fused-ring (bicyclic) bond motifs is 4. The lowest BCUT2D eigenvalue weighted by Crippen LogP contribution is -2.61. The zero-order valence-electron chi connectivity index (χ0n) is 36.3. The molecule has 0 saturated carbocycles. The van der Waals surface area contributed by atoms with Gasteiger partial charge in [0.15, 0.2) is 11.9 Å². The van der Waals surface area contributed by atoms with Crippen LogP contribution >= 0.6 is 0 Å². The fraction of sp³-hybridized carbons (Fsp3) is 0.714. The van der Waals surface area contributed by atoms with Crippen molar-refractivity contribution in [2.45, 2.75) is 141 Å². The van der Waals surface area contributed by atoms with Crippen molar-refractivity contribution < 1.29 is 61.1 Å². The van der Waals surface area contributed by atoms with Gasteiger partial charge >= 0.3 is 18.2 Å². The van der Waals surface area contributed by atoms with Crippen molar-refractivity contribution in [2.75, 3.05) is 27.2 Å². The Bertz CT molecular complexity index is 1830. The minimum Gasteiger partial charge on any atom is -0.458 e. The lowest BCUT2D eigenvalue weighted by Gasteiger charge is -2.48. The van der Waals surface area contributed by atoms with E-state index in [0.29, 0.717) is 12.0 Å². The van der Waals surface area contributed by atoms with Gasteiger partial charge in [0.2, 0.25) is 10.0 Å². The molecule has 4 fully saturated rings. The quantitative estimate of drug-likeness (QED) is 0.218. The third-order valence-corrected chi connectivity index (χ3v) is 13.7. The van der Waals surface area contributed by atoms with E-state index in [0.717, 1.165) is 5.41 Å². The molecule has 0 spiro atoms. The lowest BCUT2D eigenvalue weighted by molar-refractivity contribution is -0.299. The number of Topliss-reactive ketones (excluding diaryl/α,β-unsaturated/α-hetero) is 1. The van der Waals surface area contributed by atoms with Gasteiger partial charge in [-0.2, -0.15) is 0 Å². The maximum absolute atomic E-state index is 14.5. The number of carbonyl (C=O) groups excluding carboxylic acids is 4. The second kappa shape index (κ2) is 19.2. The predicted octanol–water partition coefficient (Wildman–Crippen LogP) is 3.35. The molecule has 4 saturated heterocycles. The van der Waals surface area contributed by atoms with Crippen LogP contribution in [-0.4, -0.2) is 136 Å². The van der Waals surface area contributed by atoms with Gasteiger partial charge in [-0.1, -0.05) is 58.0 Å². The average Bonchev–Trinajstić information content (AvgIpc) is 3.50. The van der Waals surface area contributed by atoms with Gasteiger partial charge in [-0.15, -0.1) is 0 Å². The summed E-state index contributed by atoms with van der Waals surface area (Å²) in [5, 5.41) is 18.1. The third kappa shape index (κ3) is 10.7. The highest BCUT2D eigenvalue weighted by Gasteiger charge is 2.58. The maximum atomic E-state index is 14.5. The first-order valence-corrected chi connectivity index (χ1v) is 22.4. The summed E-state index contributed by atoms with van der Waals surface area (Å²) in [5.41, 5.74) is -2.48. The van der Waals surface area contributed by atoms with Crippen LogP contribution in [0.25, 0.3) is 6.08 Å². The number of sulfonamides is 1. The number of rotatable bonds is 8. The molecular formula is C42H64N4O13S. The number of likely N-dealkylation sites (N-methyl/N-ethyl adjacent to an activating group) is 1. The zero-order chi connectivity index (χ0) is 44.3. The number of esters is 1. The molecule has 5 rings (SSSR count). The Labute approximate surface area is 353 Å². The fourth-order valence-electron chi connectivity index (χ4n) is 9.34. The number of amides is 2. The summed E-state index contributed by atoms with van der Waals surface area (Å²) in [6.07, 6.45) is -5.75. The highest BCUT2D eigenvalue weighted by atomic mass is 32.2. The molecule has 0 radical (unpaired) electrons. The average molecular weight is 865 g/mol. The van der Waals surface area contributed by atoms with Crippen LogP contribution in [0.4, 0.5) is 9.59 Å². The van der Waals surface area contributed by atoms with Crippen molar-refractivity contribution in [2.24, 2.45) is 23.7 Å². The number of nitrogens with zero attached hydrogens (tertiary/aromatic N) is 1. The Morgan fingerprint density at radius 1 is 1.00 bits per heavy atom. The van der Waals surface area contributed by atoms with E-state index in [1.807, 2.05) is 32.0 Å². The van der Waals surface area contributed by atoms with Crippen LogP contribution in [0.15, 0.2) is 35.7 Å². The van der Waals surface area contributed by atoms with Crippen molar-refractivity contribution in [3.05, 3.63) is 41.3 Å². The van der Waals surface area contributed by atoms with Gasteiger partial charge in [0.05, 0.1) is 36.8 Å². The lowest BCUT2D eigenvalue weighted by atomic mass is 9.73. The fourth-order valence-corrected chi connectivity index (χ4v) is 10.4. The van der Waals surface area contributed by atoms with E-state index in [-0.39, 0.29) is 43.9 Å². The molecule has 4 aliphatic heterocycles. The molecule has 1 aromatic rings. The molecule has 15 atom stereocenters. The monoisotopic (exact) mass is 864 g/mol. The van der Waals surface area contributed by atoms with Gasteiger partial charge in [0.25, 0.3) is 0 Å². The molecule has 60 heavy (non-hydrogen) atoms. The molecule has 1 aromatic carbocycles. The minimum atomic E-state index is -4.12. The number of hydrogen-bond acceptors (Lipinski definition) is 14. The topological polar surface area (TPSA) is 217 Å². The largest absolute Gasteiger partial charge is 0.458 e. The summed E-state index contributed by atoms with van der Waals surface area (Å²) in [4.78, 5) is 57.6. The number of cyclic esters (lactones) is 1. The van der Waals surface area contributed by atoms with E-state index in [4.69, 9.17) is 28.4 Å². The second-order valence-corrected chi connectivity index (χ2v) is 19.2. The van der Waals surface area contributed by atoms with Gasteiger partial charge in [-0.3, -0.25) is 9.59 Å². The highest BCUT2D eigenvalue weighted by molar-refractivity contribution is 7.92. The van der Waals surface area contributed by atoms with E-state index in [2.05, 4.69) is 15.4 Å². The predicted molar refractivity (Wildman–Crippen MR) is 220 cm³/mol. The Kier molecular flexibility index (Phi) is 15.1. The molecule has 2 bridgehead atoms. The summed E-state index contributed by atoms with van der Waals surface area (Å²) in [6.45, 7) is 12.9. The number of benzene rings is 1. The molecule has 0 aliphatic carbocycles. The summed E-state index contributed by atoms with van der Waals surface area (Å²) in [7, 11) is -0.450. The number of aliphatic hydroxyl groups is 1. The molecule has 17 nitrogen and oxygen atoms in total. The van der Waals surface area contributed by atoms with E-state index >= 15 is 0 Å². The van der Waals surface area contributed by atoms with E-state index in [1.54, 1.807) is 72.7 Å². The number of carbonyl (C=O) groups is 4. The minimum absolute atomic E-state index is 0.116. The van der Waals surface area contributed by atoms with Crippen molar-refractivity contribution in [3.63, 3.8) is 0 Å². The molecule has 0 aromatic heterocycles. The smallest absolute Gasteiger partial charge is 0.408 e. The van der Waals surface area contributed by atoms with Crippen molar-refractivity contribution in [3.8, 4) is 0 Å². The molecule has 2 amide bonds. The summed E-state index contributed by atoms with van der Waals surface area (Å²) < 4.78 is 67.3. The maximum Gasteiger partial charge on any atom is 0.408 e. The van der Waals surface area contributed by atoms with Crippen molar-refractivity contribution in [1.82, 2.24) is 20.3 Å². The van der Waals surface area contributed by atoms with E-state index < -0.39 is 106 Å². The van der Waals surface area contributed by atoms with Crippen LogP contribution in [0, 0.1) is 23.7 Å². The van der Waals surface area contributed by atoms with Gasteiger partial charge < -0.3 is 49.1 Å². The first-order valence-electron chi connectivity index (χ1n) is 20.8. The summed E-state index contributed by atoms with van der Waals surface area (Å²) in [5.74, 6) is -4.67. The standard InChI is InChI=1S/C42H64N4O13S/c1-11-31-42(8)35(44-40(51)59-42)25(4)32(47)23(2)20-41(7)36(57-38-33(48)30(46(9)10)19-24(3)55-38)26(5)34(27(6)37(49)56-31)54-22-29(21-43-39(50)58-41)45-60(52,53)18-17-28-15-13-12-14-16-28/h12-18,23-27,29-31,33-36,38,45,48H,11,19-22H2,1-10H3,(H,43,50)(H,44,51)/b18-17+/t23-,24-,25+,26+,27-,29?,30+,31-,33-,34+,35+,36-,38+,41-,42-/m1/s1. The van der Waals surface area contributed by atoms with Crippen LogP contribution < -0.4 is 15.4 Å².